The molecule has 0 radical (unpaired) electrons. The number of hydrogen-bond acceptors (Lipinski definition) is 2. The summed E-state index contributed by atoms with van der Waals surface area (Å²) in [6, 6.07) is 11.8. The first kappa shape index (κ1) is 15.0. The van der Waals surface area contributed by atoms with E-state index in [1.165, 1.54) is 0 Å². The van der Waals surface area contributed by atoms with Crippen molar-refractivity contribution in [2.75, 3.05) is 0 Å². The quantitative estimate of drug-likeness (QED) is 0.804. The topological polar surface area (TPSA) is 60.9 Å². The summed E-state index contributed by atoms with van der Waals surface area (Å²) in [6.45, 7) is 5.78. The maximum absolute atomic E-state index is 11.7. The number of amides is 1. The molecule has 0 unspecified atom stereocenters. The molecule has 116 valence electrons. The summed E-state index contributed by atoms with van der Waals surface area (Å²) in [5.41, 5.74) is 11.0. The Labute approximate surface area is 135 Å². The van der Waals surface area contributed by atoms with Crippen LogP contribution >= 0.6 is 0 Å². The second kappa shape index (κ2) is 5.72. The summed E-state index contributed by atoms with van der Waals surface area (Å²) in [5.74, 6) is -0.408. The van der Waals surface area contributed by atoms with E-state index in [4.69, 9.17) is 5.73 Å². The van der Waals surface area contributed by atoms with Gasteiger partial charge in [-0.3, -0.25) is 9.78 Å². The number of hydrogen-bond donors (Lipinski definition) is 1. The first-order valence-electron chi connectivity index (χ1n) is 7.47. The molecule has 0 aliphatic carbocycles. The molecule has 2 heterocycles. The number of aryl methyl sites for hydroxylation is 2. The number of pyridine rings is 1. The molecule has 0 atom stereocenters. The molecule has 0 fully saturated rings. The first-order valence-corrected chi connectivity index (χ1v) is 7.47. The van der Waals surface area contributed by atoms with E-state index in [9.17, 15) is 4.79 Å². The van der Waals surface area contributed by atoms with Gasteiger partial charge in [0.1, 0.15) is 0 Å². The Bertz CT molecular complexity index is 922. The number of carbonyl (C=O) groups is 1. The standard InChI is InChI=1S/C19H19N3O/c1-4-14-6-5-7-15(21-14)11-13-8-9-16(19(20)23)18-17(13)10-12(2)22(18)3/h4-10H,1,11H2,2-3H3,(H2,20,23). The van der Waals surface area contributed by atoms with E-state index < -0.39 is 5.91 Å². The average molecular weight is 305 g/mol. The van der Waals surface area contributed by atoms with Gasteiger partial charge in [-0.25, -0.2) is 0 Å². The first-order chi connectivity index (χ1) is 11.0. The van der Waals surface area contributed by atoms with Gasteiger partial charge in [-0.05, 0) is 42.8 Å². The molecule has 4 heteroatoms. The van der Waals surface area contributed by atoms with Crippen molar-refractivity contribution in [3.63, 3.8) is 0 Å². The lowest BCUT2D eigenvalue weighted by Crippen LogP contribution is -2.13. The van der Waals surface area contributed by atoms with Gasteiger partial charge in [0.05, 0.1) is 16.8 Å². The molecule has 0 aliphatic rings. The minimum Gasteiger partial charge on any atom is -0.366 e. The number of nitrogens with two attached hydrogens (primary N) is 1. The van der Waals surface area contributed by atoms with E-state index in [0.717, 1.165) is 33.5 Å². The van der Waals surface area contributed by atoms with E-state index >= 15 is 0 Å². The van der Waals surface area contributed by atoms with Gasteiger partial charge in [0.2, 0.25) is 0 Å². The molecule has 0 spiro atoms. The minimum atomic E-state index is -0.408. The monoisotopic (exact) mass is 305 g/mol. The lowest BCUT2D eigenvalue weighted by molar-refractivity contribution is 0.100. The lowest BCUT2D eigenvalue weighted by atomic mass is 10.0. The number of primary amides is 1. The zero-order valence-corrected chi connectivity index (χ0v) is 13.3. The Balaban J connectivity index is 2.15. The molecule has 2 N–H and O–H groups in total. The van der Waals surface area contributed by atoms with Crippen LogP contribution in [0.25, 0.3) is 17.0 Å². The third-order valence-electron chi connectivity index (χ3n) is 4.20. The van der Waals surface area contributed by atoms with E-state index in [0.29, 0.717) is 12.0 Å². The molecule has 0 aliphatic heterocycles. The van der Waals surface area contributed by atoms with Gasteiger partial charge >= 0.3 is 0 Å². The SMILES string of the molecule is C=Cc1cccc(Cc2ccc(C(N)=O)c3c2cc(C)n3C)n1. The normalized spacial score (nSPS) is 10.9. The van der Waals surface area contributed by atoms with Gasteiger partial charge in [-0.2, -0.15) is 0 Å². The molecule has 1 amide bonds. The van der Waals surface area contributed by atoms with Crippen LogP contribution in [0.15, 0.2) is 43.0 Å². The molecule has 4 nitrogen and oxygen atoms in total. The predicted octanol–water partition coefficient (Wildman–Crippen LogP) is 3.21. The van der Waals surface area contributed by atoms with Gasteiger partial charge in [0.25, 0.3) is 5.91 Å². The zero-order valence-electron chi connectivity index (χ0n) is 13.3. The van der Waals surface area contributed by atoms with E-state index in [1.807, 2.05) is 42.8 Å². The second-order valence-electron chi connectivity index (χ2n) is 5.68. The highest BCUT2D eigenvalue weighted by atomic mass is 16.1. The third kappa shape index (κ3) is 2.63. The fourth-order valence-electron chi connectivity index (χ4n) is 2.91. The fourth-order valence-corrected chi connectivity index (χ4v) is 2.91. The third-order valence-corrected chi connectivity index (χ3v) is 4.20. The van der Waals surface area contributed by atoms with Gasteiger partial charge in [0, 0.05) is 30.2 Å². The zero-order chi connectivity index (χ0) is 16.6. The molecule has 3 rings (SSSR count). The van der Waals surface area contributed by atoms with Crippen LogP contribution in [0.4, 0.5) is 0 Å². The number of nitrogens with zero attached hydrogens (tertiary/aromatic N) is 2. The number of carbonyl (C=O) groups excluding carboxylic acids is 1. The molecule has 0 bridgehead atoms. The van der Waals surface area contributed by atoms with E-state index in [2.05, 4.69) is 17.6 Å². The van der Waals surface area contributed by atoms with Crippen molar-refractivity contribution < 1.29 is 4.79 Å². The summed E-state index contributed by atoms with van der Waals surface area (Å²) in [6.07, 6.45) is 2.43. The van der Waals surface area contributed by atoms with Crippen molar-refractivity contribution in [2.24, 2.45) is 12.8 Å². The largest absolute Gasteiger partial charge is 0.366 e. The van der Waals surface area contributed by atoms with Crippen LogP contribution in [0.2, 0.25) is 0 Å². The number of rotatable bonds is 4. The Hall–Kier alpha value is -2.88. The summed E-state index contributed by atoms with van der Waals surface area (Å²) >= 11 is 0. The van der Waals surface area contributed by atoms with Crippen molar-refractivity contribution in [2.45, 2.75) is 13.3 Å². The maximum atomic E-state index is 11.7. The highest BCUT2D eigenvalue weighted by Crippen LogP contribution is 2.27. The minimum absolute atomic E-state index is 0.408. The highest BCUT2D eigenvalue weighted by molar-refractivity contribution is 6.06. The van der Waals surface area contributed by atoms with Crippen LogP contribution in [0, 0.1) is 6.92 Å². The molecule has 0 saturated heterocycles. The van der Waals surface area contributed by atoms with Crippen LogP contribution in [0.5, 0.6) is 0 Å². The van der Waals surface area contributed by atoms with E-state index in [-0.39, 0.29) is 0 Å². The summed E-state index contributed by atoms with van der Waals surface area (Å²) in [7, 11) is 1.95. The molecule has 23 heavy (non-hydrogen) atoms. The lowest BCUT2D eigenvalue weighted by Gasteiger charge is -2.08. The maximum Gasteiger partial charge on any atom is 0.250 e. The van der Waals surface area contributed by atoms with Gasteiger partial charge < -0.3 is 10.3 Å². The number of benzene rings is 1. The molecular formula is C19H19N3O. The predicted molar refractivity (Wildman–Crippen MR) is 93.3 cm³/mol. The average Bonchev–Trinajstić information content (AvgIpc) is 2.84. The van der Waals surface area contributed by atoms with Crippen molar-refractivity contribution >= 4 is 22.9 Å². The molecule has 0 saturated carbocycles. The summed E-state index contributed by atoms with van der Waals surface area (Å²) < 4.78 is 2.01. The second-order valence-corrected chi connectivity index (χ2v) is 5.68. The molecular weight excluding hydrogens is 286 g/mol. The smallest absolute Gasteiger partial charge is 0.250 e. The van der Waals surface area contributed by atoms with Crippen LogP contribution in [0.1, 0.15) is 33.0 Å². The van der Waals surface area contributed by atoms with Crippen molar-refractivity contribution in [1.82, 2.24) is 9.55 Å². The van der Waals surface area contributed by atoms with Crippen molar-refractivity contribution in [3.8, 4) is 0 Å². The highest BCUT2D eigenvalue weighted by Gasteiger charge is 2.15. The number of fused-ring (bicyclic) bond motifs is 1. The van der Waals surface area contributed by atoms with Crippen LogP contribution < -0.4 is 5.73 Å². The number of aromatic nitrogens is 2. The van der Waals surface area contributed by atoms with Crippen LogP contribution in [-0.4, -0.2) is 15.5 Å². The molecule has 3 aromatic rings. The summed E-state index contributed by atoms with van der Waals surface area (Å²) in [4.78, 5) is 16.3. The van der Waals surface area contributed by atoms with Gasteiger partial charge in [0.15, 0.2) is 0 Å². The van der Waals surface area contributed by atoms with E-state index in [1.54, 1.807) is 12.1 Å². The Kier molecular flexibility index (Phi) is 3.74. The van der Waals surface area contributed by atoms with Crippen LogP contribution in [0.3, 0.4) is 0 Å². The van der Waals surface area contributed by atoms with Crippen LogP contribution in [-0.2, 0) is 13.5 Å². The Morgan fingerprint density at radius 3 is 2.83 bits per heavy atom. The molecule has 1 aromatic carbocycles. The van der Waals surface area contributed by atoms with Gasteiger partial charge in [-0.15, -0.1) is 0 Å². The van der Waals surface area contributed by atoms with Gasteiger partial charge in [-0.1, -0.05) is 18.7 Å². The Morgan fingerprint density at radius 1 is 1.35 bits per heavy atom. The Morgan fingerprint density at radius 2 is 2.13 bits per heavy atom. The van der Waals surface area contributed by atoms with Crippen molar-refractivity contribution in [3.05, 3.63) is 71.2 Å². The fraction of sp³-hybridized carbons (Fsp3) is 0.158. The molecule has 2 aromatic heterocycles. The summed E-state index contributed by atoms with van der Waals surface area (Å²) in [5, 5.41) is 1.05. The van der Waals surface area contributed by atoms with Crippen molar-refractivity contribution in [1.29, 1.82) is 0 Å².